The fraction of sp³-hybridized carbons (Fsp3) is 0.714. The summed E-state index contributed by atoms with van der Waals surface area (Å²) in [5.74, 6) is 0.144. The number of nitrogens with one attached hydrogen (secondary N) is 2. The van der Waals surface area contributed by atoms with Crippen molar-refractivity contribution in [2.75, 3.05) is 39.5 Å². The van der Waals surface area contributed by atoms with Crippen LogP contribution in [0.4, 0.5) is 4.79 Å². The molecule has 0 radical (unpaired) electrons. The highest BCUT2D eigenvalue weighted by molar-refractivity contribution is 5.87. The first-order valence-electron chi connectivity index (χ1n) is 13.9. The maximum Gasteiger partial charge on any atom is 0.318 e. The van der Waals surface area contributed by atoms with Crippen LogP contribution in [-0.4, -0.2) is 85.8 Å². The zero-order valence-corrected chi connectivity index (χ0v) is 21.8. The van der Waals surface area contributed by atoms with Crippen LogP contribution in [0.3, 0.4) is 0 Å². The maximum absolute atomic E-state index is 13.5. The molecule has 37 heavy (non-hydrogen) atoms. The Balaban J connectivity index is 1.33. The average molecular weight is 518 g/mol. The van der Waals surface area contributed by atoms with E-state index in [2.05, 4.69) is 10.6 Å². The standard InChI is InChI=1S/C28H43N3O6/c32-24-20-37-25(12-15-36-19-22-10-6-3-7-11-22)26(24)30-27(33)23(18-21-8-4-1-2-5-9-21)29-28(34)31-13-16-35-17-14-31/h3,6-7,10-11,21,23-26,32H,1-2,4-5,8-9,12-20H2,(H,29,34)(H,30,33)/t23-,24-,25-,26+/m0/s1. The fourth-order valence-corrected chi connectivity index (χ4v) is 5.53. The molecule has 4 rings (SSSR count). The summed E-state index contributed by atoms with van der Waals surface area (Å²) < 4.78 is 17.0. The van der Waals surface area contributed by atoms with Gasteiger partial charge in [0.2, 0.25) is 5.91 Å². The molecule has 1 aromatic rings. The van der Waals surface area contributed by atoms with Crippen molar-refractivity contribution in [3.63, 3.8) is 0 Å². The number of aliphatic hydroxyl groups is 1. The van der Waals surface area contributed by atoms with E-state index in [1.807, 2.05) is 30.3 Å². The fourth-order valence-electron chi connectivity index (χ4n) is 5.53. The van der Waals surface area contributed by atoms with Crippen molar-refractivity contribution in [2.45, 2.75) is 82.3 Å². The van der Waals surface area contributed by atoms with Gasteiger partial charge in [-0.25, -0.2) is 4.79 Å². The van der Waals surface area contributed by atoms with Gasteiger partial charge in [-0.3, -0.25) is 4.79 Å². The lowest BCUT2D eigenvalue weighted by Gasteiger charge is -2.31. The highest BCUT2D eigenvalue weighted by Crippen LogP contribution is 2.27. The number of carbonyl (C=O) groups excluding carboxylic acids is 2. The number of urea groups is 1. The Kier molecular flexibility index (Phi) is 11.0. The van der Waals surface area contributed by atoms with E-state index in [-0.39, 0.29) is 24.6 Å². The van der Waals surface area contributed by atoms with Crippen molar-refractivity contribution in [1.82, 2.24) is 15.5 Å². The van der Waals surface area contributed by atoms with E-state index in [4.69, 9.17) is 14.2 Å². The number of amides is 3. The summed E-state index contributed by atoms with van der Waals surface area (Å²) in [5, 5.41) is 16.6. The largest absolute Gasteiger partial charge is 0.388 e. The zero-order valence-electron chi connectivity index (χ0n) is 21.8. The van der Waals surface area contributed by atoms with E-state index >= 15 is 0 Å². The summed E-state index contributed by atoms with van der Waals surface area (Å²) >= 11 is 0. The first-order chi connectivity index (χ1) is 18.1. The maximum atomic E-state index is 13.5. The number of hydrogen-bond donors (Lipinski definition) is 3. The second-order valence-corrected chi connectivity index (χ2v) is 10.5. The van der Waals surface area contributed by atoms with Crippen LogP contribution in [0.15, 0.2) is 30.3 Å². The Morgan fingerprint density at radius 3 is 2.54 bits per heavy atom. The number of morpholine rings is 1. The predicted octanol–water partition coefficient (Wildman–Crippen LogP) is 2.61. The van der Waals surface area contributed by atoms with Crippen LogP contribution in [0.5, 0.6) is 0 Å². The van der Waals surface area contributed by atoms with Gasteiger partial charge in [0.1, 0.15) is 12.1 Å². The normalized spacial score (nSPS) is 25.9. The Hall–Kier alpha value is -2.20. The summed E-state index contributed by atoms with van der Waals surface area (Å²) in [7, 11) is 0. The smallest absolute Gasteiger partial charge is 0.318 e. The van der Waals surface area contributed by atoms with Crippen LogP contribution in [0.25, 0.3) is 0 Å². The monoisotopic (exact) mass is 517 g/mol. The molecule has 0 bridgehead atoms. The lowest BCUT2D eigenvalue weighted by Crippen LogP contribution is -2.57. The van der Waals surface area contributed by atoms with E-state index in [1.54, 1.807) is 4.90 Å². The van der Waals surface area contributed by atoms with Crippen LogP contribution in [0, 0.1) is 5.92 Å². The predicted molar refractivity (Wildman–Crippen MR) is 139 cm³/mol. The molecule has 0 spiro atoms. The van der Waals surface area contributed by atoms with Crippen LogP contribution >= 0.6 is 0 Å². The van der Waals surface area contributed by atoms with Gasteiger partial charge >= 0.3 is 6.03 Å². The summed E-state index contributed by atoms with van der Waals surface area (Å²) in [6.07, 6.45) is 6.97. The van der Waals surface area contributed by atoms with Crippen molar-refractivity contribution in [2.24, 2.45) is 5.92 Å². The molecule has 206 valence electrons. The molecule has 2 heterocycles. The van der Waals surface area contributed by atoms with E-state index in [1.165, 1.54) is 12.8 Å². The van der Waals surface area contributed by atoms with Crippen LogP contribution < -0.4 is 10.6 Å². The topological polar surface area (TPSA) is 109 Å². The molecule has 3 amide bonds. The van der Waals surface area contributed by atoms with E-state index in [9.17, 15) is 14.7 Å². The molecule has 9 nitrogen and oxygen atoms in total. The first-order valence-corrected chi connectivity index (χ1v) is 13.9. The number of rotatable bonds is 10. The van der Waals surface area contributed by atoms with Gasteiger partial charge in [0, 0.05) is 19.7 Å². The number of nitrogens with zero attached hydrogens (tertiary/aromatic N) is 1. The Morgan fingerprint density at radius 1 is 1.08 bits per heavy atom. The number of carbonyl (C=O) groups is 2. The summed E-state index contributed by atoms with van der Waals surface area (Å²) in [4.78, 5) is 28.2. The highest BCUT2D eigenvalue weighted by Gasteiger charge is 2.39. The molecule has 3 aliphatic rings. The molecule has 4 atom stereocenters. The van der Waals surface area contributed by atoms with Gasteiger partial charge in [0.25, 0.3) is 0 Å². The van der Waals surface area contributed by atoms with E-state index in [0.717, 1.165) is 31.2 Å². The van der Waals surface area contributed by atoms with Crippen LogP contribution in [-0.2, 0) is 25.6 Å². The van der Waals surface area contributed by atoms with Crippen LogP contribution in [0.1, 0.15) is 56.9 Å². The third kappa shape index (κ3) is 8.67. The second kappa shape index (κ2) is 14.7. The van der Waals surface area contributed by atoms with Gasteiger partial charge in [-0.05, 0) is 24.3 Å². The summed E-state index contributed by atoms with van der Waals surface area (Å²) in [5.41, 5.74) is 1.09. The Morgan fingerprint density at radius 2 is 1.81 bits per heavy atom. The van der Waals surface area contributed by atoms with Crippen molar-refractivity contribution in [3.8, 4) is 0 Å². The zero-order chi connectivity index (χ0) is 25.9. The molecule has 9 heteroatoms. The number of ether oxygens (including phenoxy) is 3. The quantitative estimate of drug-likeness (QED) is 0.325. The molecule has 0 aromatic heterocycles. The molecular formula is C28H43N3O6. The number of benzene rings is 1. The molecule has 2 aliphatic heterocycles. The van der Waals surface area contributed by atoms with Crippen LogP contribution in [0.2, 0.25) is 0 Å². The van der Waals surface area contributed by atoms with Crippen molar-refractivity contribution >= 4 is 11.9 Å². The van der Waals surface area contributed by atoms with Gasteiger partial charge in [-0.1, -0.05) is 68.9 Å². The first kappa shape index (κ1) is 27.8. The van der Waals surface area contributed by atoms with Gasteiger partial charge in [-0.15, -0.1) is 0 Å². The van der Waals surface area contributed by atoms with Gasteiger partial charge in [-0.2, -0.15) is 0 Å². The molecule has 2 saturated heterocycles. The lowest BCUT2D eigenvalue weighted by atomic mass is 9.92. The highest BCUT2D eigenvalue weighted by atomic mass is 16.5. The SMILES string of the molecule is O=C(N[C@H]1[C@H](CCOCc2ccccc2)OC[C@@H]1O)[C@H](CC1CCCCCC1)NC(=O)N1CCOCC1. The average Bonchev–Trinajstić information content (AvgIpc) is 3.09. The third-order valence-electron chi connectivity index (χ3n) is 7.72. The summed E-state index contributed by atoms with van der Waals surface area (Å²) in [6.45, 7) is 3.18. The molecule has 1 aliphatic carbocycles. The third-order valence-corrected chi connectivity index (χ3v) is 7.72. The Labute approximate surface area is 220 Å². The molecule has 1 saturated carbocycles. The Bertz CT molecular complexity index is 826. The molecule has 1 aromatic carbocycles. The second-order valence-electron chi connectivity index (χ2n) is 10.5. The minimum atomic E-state index is -0.795. The molecule has 3 N–H and O–H groups in total. The van der Waals surface area contributed by atoms with E-state index < -0.39 is 18.2 Å². The lowest BCUT2D eigenvalue weighted by molar-refractivity contribution is -0.125. The molecule has 0 unspecified atom stereocenters. The van der Waals surface area contributed by atoms with Crippen molar-refractivity contribution < 1.29 is 28.9 Å². The summed E-state index contributed by atoms with van der Waals surface area (Å²) in [6, 6.07) is 8.53. The van der Waals surface area contributed by atoms with Gasteiger partial charge in [0.05, 0.1) is 38.6 Å². The number of aliphatic hydroxyl groups excluding tert-OH is 1. The van der Waals surface area contributed by atoms with Crippen molar-refractivity contribution in [1.29, 1.82) is 0 Å². The van der Waals surface area contributed by atoms with Gasteiger partial charge in [0.15, 0.2) is 0 Å². The minimum Gasteiger partial charge on any atom is -0.388 e. The van der Waals surface area contributed by atoms with Crippen molar-refractivity contribution in [3.05, 3.63) is 35.9 Å². The molecule has 3 fully saturated rings. The molecular weight excluding hydrogens is 474 g/mol. The number of hydrogen-bond acceptors (Lipinski definition) is 6. The minimum absolute atomic E-state index is 0.168. The van der Waals surface area contributed by atoms with Gasteiger partial charge < -0.3 is 34.9 Å². The van der Waals surface area contributed by atoms with E-state index in [0.29, 0.717) is 58.3 Å².